The van der Waals surface area contributed by atoms with E-state index >= 15 is 0 Å². The van der Waals surface area contributed by atoms with Crippen LogP contribution in [0.2, 0.25) is 0 Å². The molecule has 0 aliphatic carbocycles. The largest absolute Gasteiger partial charge is 0.489 e. The van der Waals surface area contributed by atoms with Gasteiger partial charge in [0.1, 0.15) is 12.4 Å². The van der Waals surface area contributed by atoms with Gasteiger partial charge < -0.3 is 14.4 Å². The average molecular weight is 343 g/mol. The molecule has 0 saturated heterocycles. The first-order valence-corrected chi connectivity index (χ1v) is 8.82. The summed E-state index contributed by atoms with van der Waals surface area (Å²) in [6, 6.07) is 28.7. The number of hydrogen-bond acceptors (Lipinski definition) is 2. The SMILES string of the molecule is OCCc1cc2ccccc2n1-c1ccc(OCc2ccccc2)cc1. The minimum atomic E-state index is 0.134. The van der Waals surface area contributed by atoms with E-state index in [2.05, 4.69) is 47.0 Å². The van der Waals surface area contributed by atoms with Crippen LogP contribution < -0.4 is 4.74 Å². The van der Waals surface area contributed by atoms with Crippen molar-refractivity contribution in [2.24, 2.45) is 0 Å². The number of rotatable bonds is 6. The van der Waals surface area contributed by atoms with E-state index in [0.717, 1.165) is 28.2 Å². The first-order valence-electron chi connectivity index (χ1n) is 8.82. The predicted octanol–water partition coefficient (Wildman–Crippen LogP) is 4.74. The highest BCUT2D eigenvalue weighted by Crippen LogP contribution is 2.26. The summed E-state index contributed by atoms with van der Waals surface area (Å²) in [5.41, 5.74) is 4.47. The lowest BCUT2D eigenvalue weighted by Gasteiger charge is -2.12. The molecular formula is C23H21NO2. The van der Waals surface area contributed by atoms with Crippen LogP contribution in [0.4, 0.5) is 0 Å². The van der Waals surface area contributed by atoms with E-state index in [4.69, 9.17) is 4.74 Å². The normalized spacial score (nSPS) is 11.0. The van der Waals surface area contributed by atoms with Gasteiger partial charge in [-0.2, -0.15) is 0 Å². The maximum Gasteiger partial charge on any atom is 0.119 e. The molecule has 1 heterocycles. The highest BCUT2D eigenvalue weighted by molar-refractivity contribution is 5.83. The van der Waals surface area contributed by atoms with E-state index in [1.54, 1.807) is 0 Å². The van der Waals surface area contributed by atoms with E-state index in [1.165, 1.54) is 5.39 Å². The van der Waals surface area contributed by atoms with Crippen LogP contribution in [0.5, 0.6) is 5.75 Å². The molecule has 0 amide bonds. The van der Waals surface area contributed by atoms with Gasteiger partial charge in [-0.05, 0) is 42.0 Å². The van der Waals surface area contributed by atoms with Crippen LogP contribution in [0, 0.1) is 0 Å². The minimum absolute atomic E-state index is 0.134. The number of ether oxygens (including phenoxy) is 1. The fraction of sp³-hybridized carbons (Fsp3) is 0.130. The van der Waals surface area contributed by atoms with Crippen LogP contribution in [-0.4, -0.2) is 16.3 Å². The third-order valence-corrected chi connectivity index (χ3v) is 4.50. The smallest absolute Gasteiger partial charge is 0.119 e. The van der Waals surface area contributed by atoms with Gasteiger partial charge in [0.2, 0.25) is 0 Å². The Labute approximate surface area is 153 Å². The van der Waals surface area contributed by atoms with Gasteiger partial charge in [-0.15, -0.1) is 0 Å². The van der Waals surface area contributed by atoms with Gasteiger partial charge in [0.05, 0.1) is 5.52 Å². The molecule has 0 radical (unpaired) electrons. The summed E-state index contributed by atoms with van der Waals surface area (Å²) < 4.78 is 8.08. The number of nitrogens with zero attached hydrogens (tertiary/aromatic N) is 1. The molecule has 0 saturated carbocycles. The molecule has 4 aromatic rings. The van der Waals surface area contributed by atoms with Gasteiger partial charge in [-0.25, -0.2) is 0 Å². The molecule has 0 fully saturated rings. The van der Waals surface area contributed by atoms with Crippen molar-refractivity contribution in [3.05, 3.63) is 96.2 Å². The first-order chi connectivity index (χ1) is 12.8. The van der Waals surface area contributed by atoms with E-state index < -0.39 is 0 Å². The van der Waals surface area contributed by atoms with Crippen molar-refractivity contribution in [2.45, 2.75) is 13.0 Å². The fourth-order valence-electron chi connectivity index (χ4n) is 3.25. The van der Waals surface area contributed by atoms with Crippen LogP contribution in [-0.2, 0) is 13.0 Å². The van der Waals surface area contributed by atoms with Crippen LogP contribution in [0.25, 0.3) is 16.6 Å². The number of fused-ring (bicyclic) bond motifs is 1. The maximum absolute atomic E-state index is 9.41. The van der Waals surface area contributed by atoms with Crippen LogP contribution in [0.3, 0.4) is 0 Å². The standard InChI is InChI=1S/C23H21NO2/c25-15-14-21-16-19-8-4-5-9-23(19)24(21)20-10-12-22(13-11-20)26-17-18-6-2-1-3-7-18/h1-13,16,25H,14-15,17H2. The Hall–Kier alpha value is -3.04. The number of hydrogen-bond donors (Lipinski definition) is 1. The van der Waals surface area contributed by atoms with Crippen molar-refractivity contribution in [1.29, 1.82) is 0 Å². The molecule has 4 rings (SSSR count). The lowest BCUT2D eigenvalue weighted by atomic mass is 10.2. The fourth-order valence-corrected chi connectivity index (χ4v) is 3.25. The molecule has 0 aliphatic rings. The van der Waals surface area contributed by atoms with E-state index in [-0.39, 0.29) is 6.61 Å². The second kappa shape index (κ2) is 7.46. The molecule has 3 aromatic carbocycles. The third kappa shape index (κ3) is 3.35. The summed E-state index contributed by atoms with van der Waals surface area (Å²) in [7, 11) is 0. The van der Waals surface area contributed by atoms with E-state index in [9.17, 15) is 5.11 Å². The molecule has 0 spiro atoms. The van der Waals surface area contributed by atoms with Gasteiger partial charge in [0.15, 0.2) is 0 Å². The number of aliphatic hydroxyl groups is 1. The Balaban J connectivity index is 1.60. The van der Waals surface area contributed by atoms with E-state index in [0.29, 0.717) is 13.0 Å². The average Bonchev–Trinajstić information content (AvgIpc) is 3.06. The lowest BCUT2D eigenvalue weighted by Crippen LogP contribution is -2.02. The zero-order valence-electron chi connectivity index (χ0n) is 14.5. The van der Waals surface area contributed by atoms with Gasteiger partial charge in [-0.1, -0.05) is 48.5 Å². The van der Waals surface area contributed by atoms with Crippen LogP contribution in [0.15, 0.2) is 84.9 Å². The Morgan fingerprint density at radius 3 is 2.31 bits per heavy atom. The van der Waals surface area contributed by atoms with Crippen molar-refractivity contribution in [3.63, 3.8) is 0 Å². The summed E-state index contributed by atoms with van der Waals surface area (Å²) in [5, 5.41) is 10.6. The second-order valence-corrected chi connectivity index (χ2v) is 6.27. The van der Waals surface area contributed by atoms with Crippen molar-refractivity contribution in [2.75, 3.05) is 6.61 Å². The molecule has 26 heavy (non-hydrogen) atoms. The lowest BCUT2D eigenvalue weighted by molar-refractivity contribution is 0.297. The predicted molar refractivity (Wildman–Crippen MR) is 105 cm³/mol. The summed E-state index contributed by atoms with van der Waals surface area (Å²) in [4.78, 5) is 0. The Morgan fingerprint density at radius 1 is 0.808 bits per heavy atom. The monoisotopic (exact) mass is 343 g/mol. The molecule has 3 nitrogen and oxygen atoms in total. The van der Waals surface area contributed by atoms with Gasteiger partial charge in [0.25, 0.3) is 0 Å². The topological polar surface area (TPSA) is 34.4 Å². The zero-order valence-corrected chi connectivity index (χ0v) is 14.5. The van der Waals surface area contributed by atoms with Crippen LogP contribution >= 0.6 is 0 Å². The molecule has 0 aliphatic heterocycles. The highest BCUT2D eigenvalue weighted by Gasteiger charge is 2.10. The number of aromatic nitrogens is 1. The third-order valence-electron chi connectivity index (χ3n) is 4.50. The molecule has 0 bridgehead atoms. The molecular weight excluding hydrogens is 322 g/mol. The van der Waals surface area contributed by atoms with Crippen LogP contribution in [0.1, 0.15) is 11.3 Å². The van der Waals surface area contributed by atoms with Gasteiger partial charge in [0, 0.05) is 29.8 Å². The second-order valence-electron chi connectivity index (χ2n) is 6.27. The molecule has 0 unspecified atom stereocenters. The van der Waals surface area contributed by atoms with E-state index in [1.807, 2.05) is 42.5 Å². The minimum Gasteiger partial charge on any atom is -0.489 e. The molecule has 0 atom stereocenters. The Bertz CT molecular complexity index is 988. The molecule has 130 valence electrons. The van der Waals surface area contributed by atoms with Gasteiger partial charge >= 0.3 is 0 Å². The Kier molecular flexibility index (Phi) is 4.71. The van der Waals surface area contributed by atoms with Crippen molar-refractivity contribution >= 4 is 10.9 Å². The summed E-state index contributed by atoms with van der Waals surface area (Å²) >= 11 is 0. The van der Waals surface area contributed by atoms with Crippen molar-refractivity contribution in [3.8, 4) is 11.4 Å². The first kappa shape index (κ1) is 16.4. The quantitative estimate of drug-likeness (QED) is 0.548. The number of para-hydroxylation sites is 1. The Morgan fingerprint density at radius 2 is 1.54 bits per heavy atom. The highest BCUT2D eigenvalue weighted by atomic mass is 16.5. The summed E-state index contributed by atoms with van der Waals surface area (Å²) in [5.74, 6) is 0.845. The maximum atomic E-state index is 9.41. The summed E-state index contributed by atoms with van der Waals surface area (Å²) in [6.45, 7) is 0.691. The number of aliphatic hydroxyl groups excluding tert-OH is 1. The summed E-state index contributed by atoms with van der Waals surface area (Å²) in [6.07, 6.45) is 0.626. The van der Waals surface area contributed by atoms with Crippen molar-refractivity contribution in [1.82, 2.24) is 4.57 Å². The van der Waals surface area contributed by atoms with Crippen molar-refractivity contribution < 1.29 is 9.84 Å². The number of benzene rings is 3. The molecule has 3 heteroatoms. The molecule has 1 N–H and O–H groups in total. The molecule has 1 aromatic heterocycles. The van der Waals surface area contributed by atoms with Gasteiger partial charge in [-0.3, -0.25) is 0 Å². The zero-order chi connectivity index (χ0) is 17.8.